The Balaban J connectivity index is 2.03. The van der Waals surface area contributed by atoms with Gasteiger partial charge in [0.15, 0.2) is 11.5 Å². The smallest absolute Gasteiger partial charge is 0.262 e. The van der Waals surface area contributed by atoms with Gasteiger partial charge in [0.2, 0.25) is 0 Å². The molecule has 1 aliphatic heterocycles. The minimum Gasteiger partial charge on any atom is -0.493 e. The number of rotatable bonds is 9. The molecule has 27 heavy (non-hydrogen) atoms. The van der Waals surface area contributed by atoms with Crippen molar-refractivity contribution in [1.82, 2.24) is 5.32 Å². The molecule has 1 aromatic carbocycles. The average molecular weight is 372 g/mol. The zero-order valence-electron chi connectivity index (χ0n) is 16.3. The highest BCUT2D eigenvalue weighted by Crippen LogP contribution is 2.29. The van der Waals surface area contributed by atoms with Gasteiger partial charge in [0, 0.05) is 13.2 Å². The highest BCUT2D eigenvalue weighted by atomic mass is 16.5. The van der Waals surface area contributed by atoms with Crippen molar-refractivity contribution in [2.24, 2.45) is 5.92 Å². The summed E-state index contributed by atoms with van der Waals surface area (Å²) in [6, 6.07) is 7.32. The Morgan fingerprint density at radius 1 is 1.44 bits per heavy atom. The van der Waals surface area contributed by atoms with Crippen LogP contribution in [0, 0.1) is 17.2 Å². The van der Waals surface area contributed by atoms with Crippen LogP contribution in [0.4, 0.5) is 0 Å². The van der Waals surface area contributed by atoms with E-state index in [2.05, 4.69) is 19.2 Å². The normalized spacial score (nSPS) is 16.9. The molecule has 1 N–H and O–H groups in total. The summed E-state index contributed by atoms with van der Waals surface area (Å²) >= 11 is 0. The van der Waals surface area contributed by atoms with E-state index < -0.39 is 5.91 Å². The van der Waals surface area contributed by atoms with Crippen molar-refractivity contribution < 1.29 is 19.0 Å². The maximum Gasteiger partial charge on any atom is 0.262 e. The van der Waals surface area contributed by atoms with Crippen LogP contribution in [0.1, 0.15) is 38.7 Å². The molecule has 0 unspecified atom stereocenters. The average Bonchev–Trinajstić information content (AvgIpc) is 3.18. The number of benzene rings is 1. The second-order valence-corrected chi connectivity index (χ2v) is 6.96. The lowest BCUT2D eigenvalue weighted by atomic mass is 10.1. The Morgan fingerprint density at radius 2 is 2.26 bits per heavy atom. The molecule has 0 saturated carbocycles. The minimum absolute atomic E-state index is 0.0382. The molecule has 0 radical (unpaired) electrons. The Kier molecular flexibility index (Phi) is 8.15. The molecule has 1 amide bonds. The number of amides is 1. The molecule has 1 aromatic rings. The topological polar surface area (TPSA) is 80.6 Å². The van der Waals surface area contributed by atoms with E-state index in [4.69, 9.17) is 14.2 Å². The predicted octanol–water partition coefficient (Wildman–Crippen LogP) is 3.32. The number of nitrogens with one attached hydrogen (secondary N) is 1. The highest BCUT2D eigenvalue weighted by molar-refractivity contribution is 6.01. The third-order valence-corrected chi connectivity index (χ3v) is 4.33. The Bertz CT molecular complexity index is 701. The molecule has 0 aromatic heterocycles. The number of hydrogen-bond donors (Lipinski definition) is 1. The molecule has 6 heteroatoms. The van der Waals surface area contributed by atoms with Gasteiger partial charge in [-0.25, -0.2) is 0 Å². The first-order valence-electron chi connectivity index (χ1n) is 9.36. The summed E-state index contributed by atoms with van der Waals surface area (Å²) in [4.78, 5) is 12.2. The van der Waals surface area contributed by atoms with Crippen molar-refractivity contribution >= 4 is 12.0 Å². The van der Waals surface area contributed by atoms with E-state index in [1.54, 1.807) is 31.4 Å². The van der Waals surface area contributed by atoms with Crippen LogP contribution in [0.15, 0.2) is 23.8 Å². The second-order valence-electron chi connectivity index (χ2n) is 6.96. The largest absolute Gasteiger partial charge is 0.493 e. The van der Waals surface area contributed by atoms with Crippen LogP contribution >= 0.6 is 0 Å². The fraction of sp³-hybridized carbons (Fsp3) is 0.524. The van der Waals surface area contributed by atoms with E-state index in [0.717, 1.165) is 25.9 Å². The monoisotopic (exact) mass is 372 g/mol. The maximum absolute atomic E-state index is 12.2. The van der Waals surface area contributed by atoms with Crippen molar-refractivity contribution in [3.8, 4) is 17.6 Å². The molecule has 1 fully saturated rings. The Labute approximate surface area is 161 Å². The fourth-order valence-corrected chi connectivity index (χ4v) is 2.72. The van der Waals surface area contributed by atoms with Gasteiger partial charge in [-0.1, -0.05) is 19.9 Å². The zero-order valence-corrected chi connectivity index (χ0v) is 16.3. The van der Waals surface area contributed by atoms with E-state index >= 15 is 0 Å². The molecule has 146 valence electrons. The molecule has 1 aliphatic rings. The van der Waals surface area contributed by atoms with Crippen LogP contribution in [0.25, 0.3) is 6.08 Å². The van der Waals surface area contributed by atoms with Crippen molar-refractivity contribution in [1.29, 1.82) is 5.26 Å². The summed E-state index contributed by atoms with van der Waals surface area (Å²) in [7, 11) is 1.57. The first kappa shape index (κ1) is 20.8. The number of nitrogens with zero attached hydrogens (tertiary/aromatic N) is 1. The summed E-state index contributed by atoms with van der Waals surface area (Å²) in [6.45, 7) is 6.04. The van der Waals surface area contributed by atoms with Crippen LogP contribution in [0.5, 0.6) is 11.5 Å². The van der Waals surface area contributed by atoms with E-state index in [9.17, 15) is 10.1 Å². The van der Waals surface area contributed by atoms with Gasteiger partial charge in [-0.3, -0.25) is 4.79 Å². The summed E-state index contributed by atoms with van der Waals surface area (Å²) in [6.07, 6.45) is 4.48. The van der Waals surface area contributed by atoms with Crippen molar-refractivity contribution in [2.75, 3.05) is 26.9 Å². The summed E-state index contributed by atoms with van der Waals surface area (Å²) in [5, 5.41) is 12.1. The van der Waals surface area contributed by atoms with Crippen molar-refractivity contribution in [3.05, 3.63) is 29.3 Å². The minimum atomic E-state index is -0.399. The molecular formula is C21H28N2O4. The first-order valence-corrected chi connectivity index (χ1v) is 9.36. The van der Waals surface area contributed by atoms with Crippen LogP contribution < -0.4 is 14.8 Å². The number of methoxy groups -OCH3 is 1. The van der Waals surface area contributed by atoms with Gasteiger partial charge in [-0.05, 0) is 49.0 Å². The zero-order chi connectivity index (χ0) is 19.6. The number of carbonyl (C=O) groups excluding carboxylic acids is 1. The predicted molar refractivity (Wildman–Crippen MR) is 104 cm³/mol. The van der Waals surface area contributed by atoms with Crippen LogP contribution in [0.3, 0.4) is 0 Å². The summed E-state index contributed by atoms with van der Waals surface area (Å²) < 4.78 is 16.6. The maximum atomic E-state index is 12.2. The molecular weight excluding hydrogens is 344 g/mol. The number of nitriles is 1. The number of ether oxygens (including phenoxy) is 3. The quantitative estimate of drug-likeness (QED) is 0.531. The Morgan fingerprint density at radius 3 is 2.89 bits per heavy atom. The highest BCUT2D eigenvalue weighted by Gasteiger charge is 2.17. The number of hydrogen-bond acceptors (Lipinski definition) is 5. The number of carbonyl (C=O) groups is 1. The van der Waals surface area contributed by atoms with Gasteiger partial charge in [0.05, 0.1) is 19.8 Å². The molecule has 1 atom stereocenters. The summed E-state index contributed by atoms with van der Waals surface area (Å²) in [5.74, 6) is 1.38. The third kappa shape index (κ3) is 6.61. The van der Waals surface area contributed by atoms with E-state index in [1.165, 1.54) is 0 Å². The van der Waals surface area contributed by atoms with Gasteiger partial charge in [0.25, 0.3) is 5.91 Å². The molecule has 1 saturated heterocycles. The molecule has 0 aliphatic carbocycles. The SMILES string of the molecule is COc1cc(/C=C(/C#N)C(=O)NC[C@@H]2CCCO2)ccc1OCCC(C)C. The van der Waals surface area contributed by atoms with Crippen LogP contribution in [-0.4, -0.2) is 38.9 Å². The van der Waals surface area contributed by atoms with Gasteiger partial charge >= 0.3 is 0 Å². The van der Waals surface area contributed by atoms with Gasteiger partial charge < -0.3 is 19.5 Å². The lowest BCUT2D eigenvalue weighted by molar-refractivity contribution is -0.117. The van der Waals surface area contributed by atoms with E-state index in [0.29, 0.717) is 36.1 Å². The molecule has 0 spiro atoms. The van der Waals surface area contributed by atoms with Gasteiger partial charge in [-0.2, -0.15) is 5.26 Å². The summed E-state index contributed by atoms with van der Waals surface area (Å²) in [5.41, 5.74) is 0.746. The molecule has 0 bridgehead atoms. The van der Waals surface area contributed by atoms with Crippen molar-refractivity contribution in [3.63, 3.8) is 0 Å². The lowest BCUT2D eigenvalue weighted by Gasteiger charge is -2.12. The molecule has 2 rings (SSSR count). The van der Waals surface area contributed by atoms with Gasteiger partial charge in [-0.15, -0.1) is 0 Å². The Hall–Kier alpha value is -2.52. The van der Waals surface area contributed by atoms with Crippen molar-refractivity contribution in [2.45, 2.75) is 39.2 Å². The van der Waals surface area contributed by atoms with Gasteiger partial charge in [0.1, 0.15) is 11.6 Å². The molecule has 1 heterocycles. The van der Waals surface area contributed by atoms with E-state index in [1.807, 2.05) is 6.07 Å². The molecule has 6 nitrogen and oxygen atoms in total. The second kappa shape index (κ2) is 10.6. The van der Waals surface area contributed by atoms with Crippen LogP contribution in [0.2, 0.25) is 0 Å². The first-order chi connectivity index (χ1) is 13.0. The standard InChI is InChI=1S/C21H28N2O4/c1-15(2)8-10-27-19-7-6-16(12-20(19)25-3)11-17(13-22)21(24)23-14-18-5-4-9-26-18/h6-7,11-12,15,18H,4-5,8-10,14H2,1-3H3,(H,23,24)/b17-11-/t18-/m0/s1. The fourth-order valence-electron chi connectivity index (χ4n) is 2.72. The lowest BCUT2D eigenvalue weighted by Crippen LogP contribution is -2.32. The third-order valence-electron chi connectivity index (χ3n) is 4.33. The van der Waals surface area contributed by atoms with E-state index in [-0.39, 0.29) is 11.7 Å². The van der Waals surface area contributed by atoms with Crippen LogP contribution in [-0.2, 0) is 9.53 Å².